The Bertz CT molecular complexity index is 817. The molecule has 0 spiro atoms. The maximum absolute atomic E-state index is 13.1. The topological polar surface area (TPSA) is 68.3 Å². The molecule has 1 aliphatic carbocycles. The number of hydrogen-bond donors (Lipinski definition) is 1. The van der Waals surface area contributed by atoms with E-state index in [1.807, 2.05) is 29.6 Å². The van der Waals surface area contributed by atoms with Gasteiger partial charge in [-0.25, -0.2) is 4.98 Å². The minimum atomic E-state index is -0.306. The summed E-state index contributed by atoms with van der Waals surface area (Å²) >= 11 is 7.55. The van der Waals surface area contributed by atoms with Crippen molar-refractivity contribution in [2.24, 2.45) is 5.92 Å². The highest BCUT2D eigenvalue weighted by Crippen LogP contribution is 2.35. The highest BCUT2D eigenvalue weighted by molar-refractivity contribution is 7.13. The van der Waals surface area contributed by atoms with Crippen LogP contribution in [-0.2, 0) is 20.7 Å². The SMILES string of the molecule is CC(=O)OCCc1csc(NC(=O)C(CC2CCCC2)c2cccc(Cl)c2)n1. The molecule has 1 aromatic carbocycles. The molecule has 0 saturated heterocycles. The van der Waals surface area contributed by atoms with Gasteiger partial charge in [-0.1, -0.05) is 49.4 Å². The first-order valence-corrected chi connectivity index (χ1v) is 10.9. The van der Waals surface area contributed by atoms with E-state index < -0.39 is 0 Å². The molecule has 7 heteroatoms. The molecule has 150 valence electrons. The van der Waals surface area contributed by atoms with Crippen LogP contribution in [0.5, 0.6) is 0 Å². The Balaban J connectivity index is 1.67. The van der Waals surface area contributed by atoms with Crippen molar-refractivity contribution in [3.8, 4) is 0 Å². The summed E-state index contributed by atoms with van der Waals surface area (Å²) in [6.07, 6.45) is 6.21. The number of halogens is 1. The van der Waals surface area contributed by atoms with Crippen LogP contribution in [0.15, 0.2) is 29.6 Å². The molecule has 0 bridgehead atoms. The van der Waals surface area contributed by atoms with Crippen LogP contribution in [-0.4, -0.2) is 23.5 Å². The van der Waals surface area contributed by atoms with Crippen LogP contribution in [0.3, 0.4) is 0 Å². The standard InChI is InChI=1S/C21H25ClN2O3S/c1-14(25)27-10-9-18-13-28-21(23-18)24-20(26)19(11-15-5-2-3-6-15)16-7-4-8-17(22)12-16/h4,7-8,12-13,15,19H,2-3,5-6,9-11H2,1H3,(H,23,24,26). The van der Waals surface area contributed by atoms with Crippen molar-refractivity contribution in [2.45, 2.75) is 51.4 Å². The summed E-state index contributed by atoms with van der Waals surface area (Å²) < 4.78 is 4.94. The van der Waals surface area contributed by atoms with Crippen molar-refractivity contribution >= 4 is 39.9 Å². The largest absolute Gasteiger partial charge is 0.465 e. The molecule has 1 unspecified atom stereocenters. The van der Waals surface area contributed by atoms with Crippen LogP contribution in [0.4, 0.5) is 5.13 Å². The van der Waals surface area contributed by atoms with E-state index in [0.29, 0.717) is 29.1 Å². The van der Waals surface area contributed by atoms with E-state index >= 15 is 0 Å². The lowest BCUT2D eigenvalue weighted by molar-refractivity contribution is -0.140. The molecule has 0 aliphatic heterocycles. The van der Waals surface area contributed by atoms with Crippen molar-refractivity contribution in [2.75, 3.05) is 11.9 Å². The first kappa shape index (κ1) is 20.8. The van der Waals surface area contributed by atoms with Gasteiger partial charge in [0.1, 0.15) is 0 Å². The van der Waals surface area contributed by atoms with E-state index in [1.165, 1.54) is 43.9 Å². The highest BCUT2D eigenvalue weighted by Gasteiger charge is 2.27. The Kier molecular flexibility index (Phi) is 7.45. The fourth-order valence-corrected chi connectivity index (χ4v) is 4.61. The Labute approximate surface area is 174 Å². The number of rotatable bonds is 8. The fraction of sp³-hybridized carbons (Fsp3) is 0.476. The van der Waals surface area contributed by atoms with Gasteiger partial charge in [-0.15, -0.1) is 11.3 Å². The second-order valence-electron chi connectivity index (χ2n) is 7.22. The second kappa shape index (κ2) is 10.0. The number of carbonyl (C=O) groups is 2. The van der Waals surface area contributed by atoms with Gasteiger partial charge in [-0.2, -0.15) is 0 Å². The predicted molar refractivity (Wildman–Crippen MR) is 112 cm³/mol. The summed E-state index contributed by atoms with van der Waals surface area (Å²) in [6.45, 7) is 1.67. The third kappa shape index (κ3) is 6.04. The quantitative estimate of drug-likeness (QED) is 0.595. The van der Waals surface area contributed by atoms with Crippen LogP contribution >= 0.6 is 22.9 Å². The Morgan fingerprint density at radius 3 is 2.86 bits per heavy atom. The summed E-state index contributed by atoms with van der Waals surface area (Å²) in [7, 11) is 0. The molecule has 2 aromatic rings. The third-order valence-corrected chi connectivity index (χ3v) is 6.10. The van der Waals surface area contributed by atoms with Crippen molar-refractivity contribution < 1.29 is 14.3 Å². The first-order valence-electron chi connectivity index (χ1n) is 9.65. The average Bonchev–Trinajstić information content (AvgIpc) is 3.31. The third-order valence-electron chi connectivity index (χ3n) is 5.06. The number of carbonyl (C=O) groups excluding carboxylic acids is 2. The number of aromatic nitrogens is 1. The van der Waals surface area contributed by atoms with E-state index in [2.05, 4.69) is 10.3 Å². The number of amides is 1. The van der Waals surface area contributed by atoms with Crippen LogP contribution in [0.2, 0.25) is 5.02 Å². The molecule has 1 fully saturated rings. The first-order chi connectivity index (χ1) is 13.5. The second-order valence-corrected chi connectivity index (χ2v) is 8.51. The highest BCUT2D eigenvalue weighted by atomic mass is 35.5. The lowest BCUT2D eigenvalue weighted by Gasteiger charge is -2.20. The van der Waals surface area contributed by atoms with Gasteiger partial charge in [0, 0.05) is 23.7 Å². The van der Waals surface area contributed by atoms with Gasteiger partial charge in [0.15, 0.2) is 5.13 Å². The summed E-state index contributed by atoms with van der Waals surface area (Å²) in [6, 6.07) is 7.57. The zero-order valence-corrected chi connectivity index (χ0v) is 17.5. The molecule has 1 aromatic heterocycles. The molecular formula is C21H25ClN2O3S. The van der Waals surface area contributed by atoms with Crippen molar-refractivity contribution in [1.29, 1.82) is 0 Å². The van der Waals surface area contributed by atoms with Crippen molar-refractivity contribution in [3.05, 3.63) is 45.9 Å². The number of nitrogens with zero attached hydrogens (tertiary/aromatic N) is 1. The molecule has 0 radical (unpaired) electrons. The van der Waals surface area contributed by atoms with Gasteiger partial charge in [0.05, 0.1) is 18.2 Å². The number of esters is 1. The van der Waals surface area contributed by atoms with Crippen molar-refractivity contribution in [3.63, 3.8) is 0 Å². The van der Waals surface area contributed by atoms with Crippen LogP contribution in [0, 0.1) is 5.92 Å². The predicted octanol–water partition coefficient (Wildman–Crippen LogP) is 5.20. The van der Waals surface area contributed by atoms with Gasteiger partial charge >= 0.3 is 5.97 Å². The van der Waals surface area contributed by atoms with E-state index in [4.69, 9.17) is 16.3 Å². The molecule has 1 heterocycles. The summed E-state index contributed by atoms with van der Waals surface area (Å²) in [4.78, 5) is 28.4. The summed E-state index contributed by atoms with van der Waals surface area (Å²) in [5, 5.41) is 6.06. The Hall–Kier alpha value is -1.92. The smallest absolute Gasteiger partial charge is 0.302 e. The molecule has 1 amide bonds. The number of benzene rings is 1. The maximum Gasteiger partial charge on any atom is 0.302 e. The Morgan fingerprint density at radius 1 is 1.36 bits per heavy atom. The molecule has 1 saturated carbocycles. The van der Waals surface area contributed by atoms with E-state index in [9.17, 15) is 9.59 Å². The summed E-state index contributed by atoms with van der Waals surface area (Å²) in [5.74, 6) is -0.0180. The van der Waals surface area contributed by atoms with Gasteiger partial charge < -0.3 is 10.1 Å². The van der Waals surface area contributed by atoms with Crippen LogP contribution in [0.25, 0.3) is 0 Å². The molecule has 28 heavy (non-hydrogen) atoms. The maximum atomic E-state index is 13.1. The molecule has 5 nitrogen and oxygen atoms in total. The number of hydrogen-bond acceptors (Lipinski definition) is 5. The normalized spacial score (nSPS) is 15.4. The molecule has 3 rings (SSSR count). The van der Waals surface area contributed by atoms with Crippen LogP contribution in [0.1, 0.15) is 56.2 Å². The monoisotopic (exact) mass is 420 g/mol. The van der Waals surface area contributed by atoms with Gasteiger partial charge in [-0.3, -0.25) is 9.59 Å². The average molecular weight is 421 g/mol. The van der Waals surface area contributed by atoms with Crippen LogP contribution < -0.4 is 5.32 Å². The molecule has 1 atom stereocenters. The number of nitrogens with one attached hydrogen (secondary N) is 1. The summed E-state index contributed by atoms with van der Waals surface area (Å²) in [5.41, 5.74) is 1.75. The van der Waals surface area contributed by atoms with Crippen molar-refractivity contribution in [1.82, 2.24) is 4.98 Å². The minimum Gasteiger partial charge on any atom is -0.465 e. The lowest BCUT2D eigenvalue weighted by atomic mass is 9.87. The number of anilines is 1. The molecule has 1 aliphatic rings. The van der Waals surface area contributed by atoms with Gasteiger partial charge in [0.2, 0.25) is 5.91 Å². The molecular weight excluding hydrogens is 396 g/mol. The van der Waals surface area contributed by atoms with E-state index in [1.54, 1.807) is 0 Å². The zero-order chi connectivity index (χ0) is 19.9. The van der Waals surface area contributed by atoms with Gasteiger partial charge in [0.25, 0.3) is 0 Å². The van der Waals surface area contributed by atoms with E-state index in [0.717, 1.165) is 17.7 Å². The molecule has 1 N–H and O–H groups in total. The fourth-order valence-electron chi connectivity index (χ4n) is 3.67. The van der Waals surface area contributed by atoms with Gasteiger partial charge in [-0.05, 0) is 30.0 Å². The number of thiazole rings is 1. The lowest BCUT2D eigenvalue weighted by Crippen LogP contribution is -2.23. The zero-order valence-electron chi connectivity index (χ0n) is 15.9. The number of ether oxygens (including phenoxy) is 1. The Morgan fingerprint density at radius 2 is 2.14 bits per heavy atom. The minimum absolute atomic E-state index is 0.0462. The van der Waals surface area contributed by atoms with E-state index in [-0.39, 0.29) is 17.8 Å².